The Morgan fingerprint density at radius 1 is 0.905 bits per heavy atom. The Kier molecular flexibility index (Phi) is 23.6. The van der Waals surface area contributed by atoms with Gasteiger partial charge >= 0.3 is 5.97 Å². The third kappa shape index (κ3) is 18.6. The van der Waals surface area contributed by atoms with E-state index in [1.165, 1.54) is 101 Å². The zero-order chi connectivity index (χ0) is 30.9. The first kappa shape index (κ1) is 39.0. The van der Waals surface area contributed by atoms with Crippen molar-refractivity contribution in [1.82, 2.24) is 0 Å². The molecule has 2 N–H and O–H groups in total. The lowest BCUT2D eigenvalue weighted by Gasteiger charge is -2.18. The lowest BCUT2D eigenvalue weighted by atomic mass is 9.89. The summed E-state index contributed by atoms with van der Waals surface area (Å²) >= 11 is 2.14. The van der Waals surface area contributed by atoms with Crippen molar-refractivity contribution in [2.75, 3.05) is 31.3 Å². The topological polar surface area (TPSA) is 93.1 Å². The van der Waals surface area contributed by atoms with E-state index in [0.29, 0.717) is 18.9 Å². The molecular weight excluding hydrogens is 567 g/mol. The normalized spacial score (nSPS) is 14.6. The zero-order valence-corrected chi connectivity index (χ0v) is 28.4. The standard InChI is InChI=1S/C34H59O6PS/c1-4-6-7-10-14-20-31(32-21-16-19-30(5-2)27-32)22-26-42-25-15-12-9-8-11-13-18-29(3)40-24-17-23-39-28-34(37,41-38)33(35)36/h16,19,21,27,29,31,37H,4-15,17-18,20,22-26,28H2,1-3H3,(H,35,36). The van der Waals surface area contributed by atoms with Crippen LogP contribution in [0, 0.1) is 0 Å². The van der Waals surface area contributed by atoms with Crippen molar-refractivity contribution in [3.63, 3.8) is 0 Å². The van der Waals surface area contributed by atoms with Gasteiger partial charge in [-0.05, 0) is 74.0 Å². The molecule has 42 heavy (non-hydrogen) atoms. The number of aryl methyl sites for hydroxylation is 1. The Morgan fingerprint density at radius 3 is 2.29 bits per heavy atom. The molecule has 1 aromatic rings. The molecule has 1 rings (SSSR count). The molecule has 8 heteroatoms. The predicted molar refractivity (Wildman–Crippen MR) is 177 cm³/mol. The van der Waals surface area contributed by atoms with Crippen molar-refractivity contribution < 1.29 is 29.0 Å². The summed E-state index contributed by atoms with van der Waals surface area (Å²) in [4.78, 5) is 10.9. The lowest BCUT2D eigenvalue weighted by molar-refractivity contribution is -0.154. The summed E-state index contributed by atoms with van der Waals surface area (Å²) in [5.41, 5.74) is 3.02. The van der Waals surface area contributed by atoms with Gasteiger partial charge in [-0.1, -0.05) is 102 Å². The molecule has 3 unspecified atom stereocenters. The molecule has 6 nitrogen and oxygen atoms in total. The second-order valence-corrected chi connectivity index (χ2v) is 13.8. The fourth-order valence-electron chi connectivity index (χ4n) is 5.08. The monoisotopic (exact) mass is 626 g/mol. The molecule has 1 aromatic carbocycles. The number of aliphatic carboxylic acids is 1. The first-order valence-electron chi connectivity index (χ1n) is 16.5. The predicted octanol–water partition coefficient (Wildman–Crippen LogP) is 9.42. The number of aliphatic hydroxyl groups is 1. The van der Waals surface area contributed by atoms with E-state index in [9.17, 15) is 14.5 Å². The number of carboxylic acid groups (broad SMARTS) is 1. The van der Waals surface area contributed by atoms with Crippen LogP contribution in [0.4, 0.5) is 0 Å². The van der Waals surface area contributed by atoms with Crippen LogP contribution in [-0.4, -0.2) is 59.0 Å². The molecule has 242 valence electrons. The maximum Gasteiger partial charge on any atom is 0.350 e. The van der Waals surface area contributed by atoms with Gasteiger partial charge < -0.3 is 19.7 Å². The van der Waals surface area contributed by atoms with Crippen LogP contribution >= 0.6 is 20.2 Å². The Morgan fingerprint density at radius 2 is 1.60 bits per heavy atom. The average molecular weight is 627 g/mol. The van der Waals surface area contributed by atoms with Gasteiger partial charge in [0.1, 0.15) is 0 Å². The highest BCUT2D eigenvalue weighted by molar-refractivity contribution is 7.99. The Labute approximate surface area is 262 Å². The maximum absolute atomic E-state index is 10.9. The van der Waals surface area contributed by atoms with Crippen LogP contribution in [0.2, 0.25) is 0 Å². The first-order valence-corrected chi connectivity index (χ1v) is 18.5. The van der Waals surface area contributed by atoms with Gasteiger partial charge in [-0.2, -0.15) is 11.8 Å². The molecule has 0 spiro atoms. The largest absolute Gasteiger partial charge is 0.478 e. The van der Waals surface area contributed by atoms with E-state index in [0.717, 1.165) is 12.8 Å². The van der Waals surface area contributed by atoms with Gasteiger partial charge in [0.25, 0.3) is 5.34 Å². The molecule has 0 bridgehead atoms. The zero-order valence-electron chi connectivity index (χ0n) is 26.7. The Balaban J connectivity index is 2.05. The Hall–Kier alpha value is -0.980. The number of unbranched alkanes of at least 4 members (excludes halogenated alkanes) is 9. The summed E-state index contributed by atoms with van der Waals surface area (Å²) in [6, 6.07) is 9.33. The van der Waals surface area contributed by atoms with E-state index in [4.69, 9.17) is 14.6 Å². The minimum absolute atomic E-state index is 0.183. The van der Waals surface area contributed by atoms with Crippen LogP contribution in [0.1, 0.15) is 134 Å². The molecule has 0 heterocycles. The lowest BCUT2D eigenvalue weighted by Crippen LogP contribution is -2.37. The van der Waals surface area contributed by atoms with Crippen molar-refractivity contribution in [2.24, 2.45) is 0 Å². The van der Waals surface area contributed by atoms with Crippen molar-refractivity contribution in [3.05, 3.63) is 35.4 Å². The second-order valence-electron chi connectivity index (χ2n) is 11.6. The van der Waals surface area contributed by atoms with Gasteiger partial charge in [-0.15, -0.1) is 0 Å². The smallest absolute Gasteiger partial charge is 0.350 e. The second kappa shape index (κ2) is 25.4. The minimum Gasteiger partial charge on any atom is -0.478 e. The number of hydrogen-bond donors (Lipinski definition) is 2. The van der Waals surface area contributed by atoms with Crippen molar-refractivity contribution >= 4 is 26.2 Å². The molecular formula is C34H59O6PS. The quantitative estimate of drug-likeness (QED) is 0.0676. The van der Waals surface area contributed by atoms with E-state index in [2.05, 4.69) is 56.8 Å². The van der Waals surface area contributed by atoms with Gasteiger partial charge in [0.2, 0.25) is 8.46 Å². The highest BCUT2D eigenvalue weighted by Crippen LogP contribution is 2.29. The van der Waals surface area contributed by atoms with Gasteiger partial charge in [0, 0.05) is 13.2 Å². The summed E-state index contributed by atoms with van der Waals surface area (Å²) in [6.45, 7) is 6.88. The molecule has 0 amide bonds. The number of benzene rings is 1. The van der Waals surface area contributed by atoms with Crippen LogP contribution < -0.4 is 0 Å². The van der Waals surface area contributed by atoms with Crippen LogP contribution in [0.5, 0.6) is 0 Å². The van der Waals surface area contributed by atoms with E-state index in [-0.39, 0.29) is 12.7 Å². The van der Waals surface area contributed by atoms with E-state index < -0.39 is 26.4 Å². The van der Waals surface area contributed by atoms with Crippen LogP contribution in [-0.2, 0) is 25.3 Å². The highest BCUT2D eigenvalue weighted by atomic mass is 32.2. The summed E-state index contributed by atoms with van der Waals surface area (Å²) in [6.07, 6.45) is 20.0. The third-order valence-corrected chi connectivity index (χ3v) is 9.60. The van der Waals surface area contributed by atoms with Gasteiger partial charge in [0.05, 0.1) is 12.7 Å². The fourth-order valence-corrected chi connectivity index (χ4v) is 6.37. The van der Waals surface area contributed by atoms with Crippen LogP contribution in [0.25, 0.3) is 0 Å². The van der Waals surface area contributed by atoms with E-state index in [1.54, 1.807) is 5.56 Å². The number of hydrogen-bond acceptors (Lipinski definition) is 6. The minimum atomic E-state index is -2.37. The summed E-state index contributed by atoms with van der Waals surface area (Å²) in [7, 11) is -0.874. The van der Waals surface area contributed by atoms with E-state index in [1.807, 2.05) is 0 Å². The van der Waals surface area contributed by atoms with Crippen LogP contribution in [0.15, 0.2) is 24.3 Å². The molecule has 0 aromatic heterocycles. The number of rotatable bonds is 29. The number of carbonyl (C=O) groups is 1. The molecule has 0 radical (unpaired) electrons. The summed E-state index contributed by atoms with van der Waals surface area (Å²) < 4.78 is 21.7. The number of carboxylic acids is 1. The summed E-state index contributed by atoms with van der Waals surface area (Å²) in [5, 5.41) is 16.1. The fraction of sp³-hybridized carbons (Fsp3) is 0.794. The molecule has 0 saturated heterocycles. The van der Waals surface area contributed by atoms with Crippen LogP contribution in [0.3, 0.4) is 0 Å². The molecule has 0 fully saturated rings. The molecule has 0 aliphatic rings. The first-order chi connectivity index (χ1) is 20.4. The van der Waals surface area contributed by atoms with E-state index >= 15 is 0 Å². The maximum atomic E-state index is 10.9. The van der Waals surface area contributed by atoms with Crippen molar-refractivity contribution in [3.8, 4) is 0 Å². The highest BCUT2D eigenvalue weighted by Gasteiger charge is 2.37. The SMILES string of the molecule is CCCCCCCC(CCSCCCCCCCCC(C)OCCCOCC(O)(P=O)C(=O)O)c1cccc(CC)c1. The molecule has 0 saturated carbocycles. The van der Waals surface area contributed by atoms with Gasteiger partial charge in [-0.3, -0.25) is 4.57 Å². The third-order valence-electron chi connectivity index (χ3n) is 7.88. The van der Waals surface area contributed by atoms with Gasteiger partial charge in [-0.25, -0.2) is 4.79 Å². The number of ether oxygens (including phenoxy) is 2. The van der Waals surface area contributed by atoms with Crippen molar-refractivity contribution in [1.29, 1.82) is 0 Å². The van der Waals surface area contributed by atoms with Gasteiger partial charge in [0.15, 0.2) is 0 Å². The molecule has 3 atom stereocenters. The molecule has 0 aliphatic carbocycles. The average Bonchev–Trinajstić information content (AvgIpc) is 3.00. The van der Waals surface area contributed by atoms with Crippen molar-refractivity contribution in [2.45, 2.75) is 141 Å². The number of thioether (sulfide) groups is 1. The summed E-state index contributed by atoms with van der Waals surface area (Å²) in [5.74, 6) is 1.70. The molecule has 0 aliphatic heterocycles. The Bertz CT molecular complexity index is 825.